The van der Waals surface area contributed by atoms with E-state index in [1.54, 1.807) is 19.4 Å². The van der Waals surface area contributed by atoms with Crippen molar-refractivity contribution in [3.05, 3.63) is 29.8 Å². The Labute approximate surface area is 111 Å². The number of hydrogen-bond donors (Lipinski definition) is 0. The van der Waals surface area contributed by atoms with Crippen molar-refractivity contribution in [3.8, 4) is 5.88 Å². The minimum atomic E-state index is 0.185. The van der Waals surface area contributed by atoms with Crippen molar-refractivity contribution in [3.63, 3.8) is 0 Å². The van der Waals surface area contributed by atoms with E-state index in [4.69, 9.17) is 9.26 Å². The van der Waals surface area contributed by atoms with E-state index in [9.17, 15) is 0 Å². The van der Waals surface area contributed by atoms with Crippen molar-refractivity contribution in [2.24, 2.45) is 0 Å². The fourth-order valence-electron chi connectivity index (χ4n) is 2.44. The summed E-state index contributed by atoms with van der Waals surface area (Å²) in [7, 11) is 1.61. The van der Waals surface area contributed by atoms with Gasteiger partial charge in [0.1, 0.15) is 11.5 Å². The SMILES string of the molecule is COc1ccnc(N2CCC[C@@H]2c2cc(C)on2)n1. The molecule has 6 heteroatoms. The molecule has 0 amide bonds. The summed E-state index contributed by atoms with van der Waals surface area (Å²) in [6.07, 6.45) is 3.84. The van der Waals surface area contributed by atoms with Gasteiger partial charge in [-0.3, -0.25) is 0 Å². The van der Waals surface area contributed by atoms with E-state index in [1.165, 1.54) is 0 Å². The number of hydrogen-bond acceptors (Lipinski definition) is 6. The van der Waals surface area contributed by atoms with Crippen molar-refractivity contribution >= 4 is 5.95 Å². The number of ether oxygens (including phenoxy) is 1. The van der Waals surface area contributed by atoms with Gasteiger partial charge in [0.25, 0.3) is 0 Å². The van der Waals surface area contributed by atoms with Gasteiger partial charge in [-0.2, -0.15) is 4.98 Å². The van der Waals surface area contributed by atoms with Crippen LogP contribution in [0, 0.1) is 6.92 Å². The topological polar surface area (TPSA) is 64.3 Å². The molecule has 6 nitrogen and oxygen atoms in total. The predicted molar refractivity (Wildman–Crippen MR) is 69.1 cm³/mol. The summed E-state index contributed by atoms with van der Waals surface area (Å²) in [6, 6.07) is 3.90. The van der Waals surface area contributed by atoms with Gasteiger partial charge in [0.15, 0.2) is 0 Å². The second kappa shape index (κ2) is 4.87. The summed E-state index contributed by atoms with van der Waals surface area (Å²) in [5.74, 6) is 2.09. The highest BCUT2D eigenvalue weighted by molar-refractivity contribution is 5.37. The minimum Gasteiger partial charge on any atom is -0.481 e. The van der Waals surface area contributed by atoms with Crippen LogP contribution in [0.25, 0.3) is 0 Å². The van der Waals surface area contributed by atoms with E-state index in [0.29, 0.717) is 11.8 Å². The number of rotatable bonds is 3. The standard InChI is InChI=1S/C13H16N4O2/c1-9-8-10(16-19-9)11-4-3-7-17(11)13-14-6-5-12(15-13)18-2/h5-6,8,11H,3-4,7H2,1-2H3/t11-/m1/s1. The van der Waals surface area contributed by atoms with Gasteiger partial charge in [-0.25, -0.2) is 4.98 Å². The molecule has 0 unspecified atom stereocenters. The minimum absolute atomic E-state index is 0.185. The Morgan fingerprint density at radius 2 is 2.37 bits per heavy atom. The zero-order valence-electron chi connectivity index (χ0n) is 11.0. The van der Waals surface area contributed by atoms with Gasteiger partial charge in [0.2, 0.25) is 11.8 Å². The summed E-state index contributed by atoms with van der Waals surface area (Å²) < 4.78 is 10.3. The van der Waals surface area contributed by atoms with Gasteiger partial charge >= 0.3 is 0 Å². The van der Waals surface area contributed by atoms with Crippen LogP contribution >= 0.6 is 0 Å². The second-order valence-electron chi connectivity index (χ2n) is 4.61. The van der Waals surface area contributed by atoms with E-state index in [-0.39, 0.29) is 6.04 Å². The van der Waals surface area contributed by atoms with Gasteiger partial charge < -0.3 is 14.2 Å². The fourth-order valence-corrected chi connectivity index (χ4v) is 2.44. The maximum absolute atomic E-state index is 5.16. The average Bonchev–Trinajstić information content (AvgIpc) is 3.07. The van der Waals surface area contributed by atoms with Crippen LogP contribution in [0.1, 0.15) is 30.3 Å². The van der Waals surface area contributed by atoms with Gasteiger partial charge in [0, 0.05) is 24.9 Å². The molecule has 0 aliphatic carbocycles. The third kappa shape index (κ3) is 2.25. The molecule has 2 aromatic heterocycles. The molecule has 0 radical (unpaired) electrons. The number of aryl methyl sites for hydroxylation is 1. The first-order chi connectivity index (χ1) is 9.28. The maximum Gasteiger partial charge on any atom is 0.229 e. The molecular weight excluding hydrogens is 244 g/mol. The first-order valence-corrected chi connectivity index (χ1v) is 6.35. The monoisotopic (exact) mass is 260 g/mol. The number of methoxy groups -OCH3 is 1. The van der Waals surface area contributed by atoms with Crippen LogP contribution in [-0.4, -0.2) is 28.8 Å². The molecule has 1 fully saturated rings. The maximum atomic E-state index is 5.16. The van der Waals surface area contributed by atoms with E-state index < -0.39 is 0 Å². The van der Waals surface area contributed by atoms with Gasteiger partial charge in [0.05, 0.1) is 13.2 Å². The van der Waals surface area contributed by atoms with Crippen LogP contribution in [0.2, 0.25) is 0 Å². The Balaban J connectivity index is 1.90. The molecule has 1 saturated heterocycles. The summed E-state index contributed by atoms with van der Waals surface area (Å²) in [6.45, 7) is 2.82. The smallest absolute Gasteiger partial charge is 0.229 e. The van der Waals surface area contributed by atoms with E-state index in [2.05, 4.69) is 20.0 Å². The average molecular weight is 260 g/mol. The molecule has 3 heterocycles. The summed E-state index contributed by atoms with van der Waals surface area (Å²) in [4.78, 5) is 10.9. The quantitative estimate of drug-likeness (QED) is 0.842. The van der Waals surface area contributed by atoms with Crippen LogP contribution in [0.15, 0.2) is 22.9 Å². The summed E-state index contributed by atoms with van der Waals surface area (Å²) in [5.41, 5.74) is 0.946. The van der Waals surface area contributed by atoms with Crippen LogP contribution < -0.4 is 9.64 Å². The van der Waals surface area contributed by atoms with Crippen molar-refractivity contribution < 1.29 is 9.26 Å². The van der Waals surface area contributed by atoms with Crippen molar-refractivity contribution in [1.29, 1.82) is 0 Å². The fraction of sp³-hybridized carbons (Fsp3) is 0.462. The van der Waals surface area contributed by atoms with Gasteiger partial charge in [-0.1, -0.05) is 5.16 Å². The second-order valence-corrected chi connectivity index (χ2v) is 4.61. The third-order valence-electron chi connectivity index (χ3n) is 3.32. The van der Waals surface area contributed by atoms with Gasteiger partial charge in [-0.05, 0) is 19.8 Å². The molecule has 0 N–H and O–H groups in total. The van der Waals surface area contributed by atoms with E-state index >= 15 is 0 Å². The molecule has 1 atom stereocenters. The lowest BCUT2D eigenvalue weighted by Gasteiger charge is -2.22. The number of aromatic nitrogens is 3. The third-order valence-corrected chi connectivity index (χ3v) is 3.32. The zero-order valence-corrected chi connectivity index (χ0v) is 11.0. The lowest BCUT2D eigenvalue weighted by molar-refractivity contribution is 0.384. The lowest BCUT2D eigenvalue weighted by Crippen LogP contribution is -2.24. The molecule has 0 bridgehead atoms. The lowest BCUT2D eigenvalue weighted by atomic mass is 10.1. The van der Waals surface area contributed by atoms with Crippen molar-refractivity contribution in [2.75, 3.05) is 18.6 Å². The molecule has 3 rings (SSSR count). The van der Waals surface area contributed by atoms with E-state index in [0.717, 1.165) is 30.8 Å². The van der Waals surface area contributed by atoms with E-state index in [1.807, 2.05) is 13.0 Å². The van der Waals surface area contributed by atoms with Crippen LogP contribution in [0.4, 0.5) is 5.95 Å². The highest BCUT2D eigenvalue weighted by Crippen LogP contribution is 2.34. The highest BCUT2D eigenvalue weighted by atomic mass is 16.5. The first-order valence-electron chi connectivity index (χ1n) is 6.35. The van der Waals surface area contributed by atoms with Crippen LogP contribution in [-0.2, 0) is 0 Å². The molecule has 2 aromatic rings. The summed E-state index contributed by atoms with van der Waals surface area (Å²) in [5, 5.41) is 4.11. The highest BCUT2D eigenvalue weighted by Gasteiger charge is 2.30. The molecule has 0 saturated carbocycles. The normalized spacial score (nSPS) is 18.8. The Morgan fingerprint density at radius 3 is 3.11 bits per heavy atom. The Kier molecular flexibility index (Phi) is 3.06. The molecule has 19 heavy (non-hydrogen) atoms. The predicted octanol–water partition coefficient (Wildman–Crippen LogP) is 2.12. The number of nitrogens with zero attached hydrogens (tertiary/aromatic N) is 4. The Hall–Kier alpha value is -2.11. The zero-order chi connectivity index (χ0) is 13.2. The first kappa shape index (κ1) is 12.0. The van der Waals surface area contributed by atoms with Crippen molar-refractivity contribution in [1.82, 2.24) is 15.1 Å². The number of anilines is 1. The molecule has 1 aliphatic rings. The molecule has 100 valence electrons. The Bertz CT molecular complexity index is 569. The Morgan fingerprint density at radius 1 is 1.47 bits per heavy atom. The molecule has 1 aliphatic heterocycles. The summed E-state index contributed by atoms with van der Waals surface area (Å²) >= 11 is 0. The largest absolute Gasteiger partial charge is 0.481 e. The van der Waals surface area contributed by atoms with Crippen LogP contribution in [0.3, 0.4) is 0 Å². The van der Waals surface area contributed by atoms with Crippen molar-refractivity contribution in [2.45, 2.75) is 25.8 Å². The molecule has 0 aromatic carbocycles. The molecule has 0 spiro atoms. The van der Waals surface area contributed by atoms with Gasteiger partial charge in [-0.15, -0.1) is 0 Å². The van der Waals surface area contributed by atoms with Crippen LogP contribution in [0.5, 0.6) is 5.88 Å². The molecular formula is C13H16N4O2.